The first kappa shape index (κ1) is 19.5. The molecule has 0 radical (unpaired) electrons. The van der Waals surface area contributed by atoms with Crippen molar-refractivity contribution in [3.8, 4) is 5.75 Å². The first-order valence-electron chi connectivity index (χ1n) is 8.99. The average molecular weight is 376 g/mol. The lowest BCUT2D eigenvalue weighted by Crippen LogP contribution is -2.15. The smallest absolute Gasteiger partial charge is 0.226 e. The number of benzene rings is 3. The van der Waals surface area contributed by atoms with Gasteiger partial charge in [0.2, 0.25) is 5.91 Å². The number of anilines is 2. The molecule has 3 aromatic carbocycles. The minimum Gasteiger partial charge on any atom is -0.494 e. The van der Waals surface area contributed by atoms with Crippen LogP contribution in [0.3, 0.4) is 0 Å². The number of hydrogen-bond donors (Lipinski definition) is 2. The topological polar surface area (TPSA) is 73.6 Å². The number of ether oxygens (including phenoxy) is 2. The van der Waals surface area contributed by atoms with Gasteiger partial charge in [-0.3, -0.25) is 4.79 Å². The Hall–Kier alpha value is -3.31. The Morgan fingerprint density at radius 1 is 1.07 bits per heavy atom. The summed E-state index contributed by atoms with van der Waals surface area (Å²) < 4.78 is 10.6. The summed E-state index contributed by atoms with van der Waals surface area (Å²) in [4.78, 5) is 12.1. The Labute approximate surface area is 164 Å². The third-order valence-electron chi connectivity index (χ3n) is 4.60. The molecule has 0 aliphatic heterocycles. The monoisotopic (exact) mass is 376 g/mol. The van der Waals surface area contributed by atoms with Gasteiger partial charge in [-0.2, -0.15) is 0 Å². The zero-order chi connectivity index (χ0) is 20.1. The first-order chi connectivity index (χ1) is 13.5. The van der Waals surface area contributed by atoms with E-state index in [1.165, 1.54) is 0 Å². The fourth-order valence-corrected chi connectivity index (χ4v) is 3.15. The molecule has 0 bridgehead atoms. The van der Waals surface area contributed by atoms with Crippen molar-refractivity contribution in [2.45, 2.75) is 6.42 Å². The maximum Gasteiger partial charge on any atom is 0.226 e. The highest BCUT2D eigenvalue weighted by molar-refractivity contribution is 5.98. The van der Waals surface area contributed by atoms with E-state index in [0.717, 1.165) is 21.9 Å². The third-order valence-corrected chi connectivity index (χ3v) is 4.60. The van der Waals surface area contributed by atoms with Gasteiger partial charge in [-0.15, -0.1) is 0 Å². The maximum absolute atomic E-state index is 12.1. The van der Waals surface area contributed by atoms with Crippen molar-refractivity contribution >= 4 is 33.6 Å². The van der Waals surface area contributed by atoms with Gasteiger partial charge in [0.15, 0.2) is 5.75 Å². The van der Waals surface area contributed by atoms with E-state index >= 15 is 0 Å². The van der Waals surface area contributed by atoms with Gasteiger partial charge < -0.3 is 20.5 Å². The van der Waals surface area contributed by atoms with Crippen LogP contribution in [0.25, 0.3) is 16.3 Å². The molecule has 0 fully saturated rings. The van der Waals surface area contributed by atoms with E-state index in [4.69, 9.17) is 15.2 Å². The summed E-state index contributed by atoms with van der Waals surface area (Å²) in [7, 11) is 3.11. The molecule has 1 amide bonds. The summed E-state index contributed by atoms with van der Waals surface area (Å²) in [6, 6.07) is 17.7. The highest BCUT2D eigenvalue weighted by atomic mass is 16.5. The number of amides is 1. The van der Waals surface area contributed by atoms with Gasteiger partial charge in [0, 0.05) is 18.4 Å². The molecule has 3 N–H and O–H groups in total. The van der Waals surface area contributed by atoms with Crippen LogP contribution in [0, 0.1) is 0 Å². The number of fused-ring (bicyclic) bond motifs is 1. The van der Waals surface area contributed by atoms with E-state index < -0.39 is 0 Å². The quantitative estimate of drug-likeness (QED) is 0.597. The standard InChI is InChI=1S/C23H24N2O3/c1-15(17-9-8-16-6-4-5-7-18(16)14-17)22-19(24)10-11-20(23(22)28-3)25-21(26)12-13-27-2/h4-11,14H,1,12-13,24H2,2-3H3,(H,25,26). The maximum atomic E-state index is 12.1. The SMILES string of the molecule is C=C(c1ccc2ccccc2c1)c1c(N)ccc(NC(=O)CCOC)c1OC. The van der Waals surface area contributed by atoms with Gasteiger partial charge in [0.05, 0.1) is 25.8 Å². The Balaban J connectivity index is 2.00. The molecule has 0 aliphatic carbocycles. The predicted molar refractivity (Wildman–Crippen MR) is 115 cm³/mol. The van der Waals surface area contributed by atoms with Crippen LogP contribution >= 0.6 is 0 Å². The van der Waals surface area contributed by atoms with Gasteiger partial charge in [-0.25, -0.2) is 0 Å². The molecule has 5 heteroatoms. The summed E-state index contributed by atoms with van der Waals surface area (Å²) in [5.41, 5.74) is 9.67. The molecule has 5 nitrogen and oxygen atoms in total. The summed E-state index contributed by atoms with van der Waals surface area (Å²) >= 11 is 0. The molecule has 0 unspecified atom stereocenters. The van der Waals surface area contributed by atoms with E-state index in [0.29, 0.717) is 29.3 Å². The van der Waals surface area contributed by atoms with Crippen LogP contribution in [0.4, 0.5) is 11.4 Å². The van der Waals surface area contributed by atoms with Gasteiger partial charge in [0.25, 0.3) is 0 Å². The zero-order valence-electron chi connectivity index (χ0n) is 16.1. The van der Waals surface area contributed by atoms with E-state index in [9.17, 15) is 4.79 Å². The number of nitrogen functional groups attached to an aromatic ring is 1. The summed E-state index contributed by atoms with van der Waals surface area (Å²) in [5.74, 6) is 0.330. The van der Waals surface area contributed by atoms with Crippen LogP contribution in [-0.2, 0) is 9.53 Å². The fourth-order valence-electron chi connectivity index (χ4n) is 3.15. The molecule has 0 aliphatic rings. The minimum atomic E-state index is -0.160. The van der Waals surface area contributed by atoms with Crippen LogP contribution in [0.1, 0.15) is 17.5 Å². The molecule has 3 rings (SSSR count). The van der Waals surface area contributed by atoms with Crippen LogP contribution in [-0.4, -0.2) is 26.7 Å². The second kappa shape index (κ2) is 8.59. The second-order valence-corrected chi connectivity index (χ2v) is 6.44. The lowest BCUT2D eigenvalue weighted by atomic mass is 9.94. The van der Waals surface area contributed by atoms with Gasteiger partial charge >= 0.3 is 0 Å². The molecule has 0 saturated heterocycles. The highest BCUT2D eigenvalue weighted by Gasteiger charge is 2.18. The van der Waals surface area contributed by atoms with Crippen LogP contribution < -0.4 is 15.8 Å². The molecule has 0 aromatic heterocycles. The number of rotatable bonds is 7. The minimum absolute atomic E-state index is 0.160. The lowest BCUT2D eigenvalue weighted by Gasteiger charge is -2.18. The summed E-state index contributed by atoms with van der Waals surface area (Å²) in [5, 5.41) is 5.12. The van der Waals surface area contributed by atoms with Crippen molar-refractivity contribution in [3.63, 3.8) is 0 Å². The molecule has 3 aromatic rings. The number of carbonyl (C=O) groups excluding carboxylic acids is 1. The molecular weight excluding hydrogens is 352 g/mol. The molecule has 144 valence electrons. The van der Waals surface area contributed by atoms with Gasteiger partial charge in [-0.1, -0.05) is 43.0 Å². The Bertz CT molecular complexity index is 1030. The van der Waals surface area contributed by atoms with Crippen molar-refractivity contribution in [3.05, 3.63) is 72.3 Å². The van der Waals surface area contributed by atoms with Crippen LogP contribution in [0.5, 0.6) is 5.75 Å². The van der Waals surface area contributed by atoms with Crippen molar-refractivity contribution in [1.82, 2.24) is 0 Å². The summed E-state index contributed by atoms with van der Waals surface area (Å²) in [6.45, 7) is 4.60. The molecule has 0 heterocycles. The van der Waals surface area contributed by atoms with E-state index in [1.807, 2.05) is 18.2 Å². The van der Waals surface area contributed by atoms with E-state index in [2.05, 4.69) is 36.2 Å². The average Bonchev–Trinajstić information content (AvgIpc) is 2.72. The van der Waals surface area contributed by atoms with Crippen LogP contribution in [0.2, 0.25) is 0 Å². The third kappa shape index (κ3) is 4.00. The molecular formula is C23H24N2O3. The first-order valence-corrected chi connectivity index (χ1v) is 8.99. The largest absolute Gasteiger partial charge is 0.494 e. The lowest BCUT2D eigenvalue weighted by molar-refractivity contribution is -0.117. The number of carbonyl (C=O) groups is 1. The van der Waals surface area contributed by atoms with Crippen molar-refractivity contribution < 1.29 is 14.3 Å². The summed E-state index contributed by atoms with van der Waals surface area (Å²) in [6.07, 6.45) is 0.255. The van der Waals surface area contributed by atoms with Crippen molar-refractivity contribution in [2.75, 3.05) is 31.9 Å². The number of nitrogens with one attached hydrogen (secondary N) is 1. The van der Waals surface area contributed by atoms with E-state index in [1.54, 1.807) is 26.4 Å². The molecule has 0 saturated carbocycles. The Kier molecular flexibility index (Phi) is 5.96. The second-order valence-electron chi connectivity index (χ2n) is 6.44. The van der Waals surface area contributed by atoms with Crippen LogP contribution in [0.15, 0.2) is 61.2 Å². The zero-order valence-corrected chi connectivity index (χ0v) is 16.1. The Morgan fingerprint density at radius 3 is 2.54 bits per heavy atom. The number of hydrogen-bond acceptors (Lipinski definition) is 4. The van der Waals surface area contributed by atoms with Crippen molar-refractivity contribution in [1.29, 1.82) is 0 Å². The van der Waals surface area contributed by atoms with E-state index in [-0.39, 0.29) is 12.3 Å². The fraction of sp³-hybridized carbons (Fsp3) is 0.174. The number of methoxy groups -OCH3 is 2. The molecule has 0 spiro atoms. The normalized spacial score (nSPS) is 10.6. The van der Waals surface area contributed by atoms with Crippen molar-refractivity contribution in [2.24, 2.45) is 0 Å². The van der Waals surface area contributed by atoms with Gasteiger partial charge in [-0.05, 0) is 40.1 Å². The predicted octanol–water partition coefficient (Wildman–Crippen LogP) is 4.47. The Morgan fingerprint density at radius 2 is 1.82 bits per heavy atom. The van der Waals surface area contributed by atoms with Gasteiger partial charge in [0.1, 0.15) is 0 Å². The molecule has 0 atom stereocenters. The number of nitrogens with two attached hydrogens (primary N) is 1. The highest BCUT2D eigenvalue weighted by Crippen LogP contribution is 2.40. The molecule has 28 heavy (non-hydrogen) atoms.